The smallest absolute Gasteiger partial charge is 0.207 e. The molecule has 0 saturated heterocycles. The van der Waals surface area contributed by atoms with Crippen LogP contribution in [0, 0.1) is 6.92 Å². The molecular formula is C17H13ClN4O. The van der Waals surface area contributed by atoms with Crippen LogP contribution in [-0.4, -0.2) is 25.6 Å². The highest BCUT2D eigenvalue weighted by molar-refractivity contribution is 6.31. The number of benzene rings is 2. The van der Waals surface area contributed by atoms with Crippen molar-refractivity contribution in [1.29, 1.82) is 0 Å². The lowest BCUT2D eigenvalue weighted by molar-refractivity contribution is 0.177. The Hall–Kier alpha value is -2.50. The lowest BCUT2D eigenvalue weighted by Crippen LogP contribution is -2.08. The Kier molecular flexibility index (Phi) is 3.25. The first kappa shape index (κ1) is 14.1. The first-order valence-electron chi connectivity index (χ1n) is 7.18. The lowest BCUT2D eigenvalue weighted by Gasteiger charge is -2.12. The second-order valence-electron chi connectivity index (χ2n) is 5.32. The molecule has 5 nitrogen and oxygen atoms in total. The minimum absolute atomic E-state index is 0.400. The van der Waals surface area contributed by atoms with Gasteiger partial charge in [-0.3, -0.25) is 4.57 Å². The van der Waals surface area contributed by atoms with Crippen LogP contribution in [0.2, 0.25) is 5.02 Å². The average Bonchev–Trinajstić information content (AvgIpc) is 2.89. The second kappa shape index (κ2) is 5.30. The molecule has 1 atom stereocenters. The normalized spacial score (nSPS) is 16.3. The van der Waals surface area contributed by atoms with Gasteiger partial charge in [0.2, 0.25) is 6.23 Å². The topological polar surface area (TPSA) is 63.3 Å². The number of halogens is 1. The molecular weight excluding hydrogens is 318 g/mol. The summed E-state index contributed by atoms with van der Waals surface area (Å²) in [5.74, 6) is 1.09. The monoisotopic (exact) mass is 330 g/mol. The van der Waals surface area contributed by atoms with Crippen molar-refractivity contribution in [3.63, 3.8) is 0 Å². The zero-order valence-corrected chi connectivity index (χ0v) is 13.1. The van der Waals surface area contributed by atoms with Gasteiger partial charge in [0.25, 0.3) is 0 Å². The van der Waals surface area contributed by atoms with Gasteiger partial charge < -0.3 is 5.11 Å². The van der Waals surface area contributed by atoms with Gasteiger partial charge in [0.15, 0.2) is 5.82 Å². The van der Waals surface area contributed by atoms with Crippen molar-refractivity contribution in [2.45, 2.75) is 13.2 Å². The van der Waals surface area contributed by atoms with E-state index < -0.39 is 6.23 Å². The standard InChI is InChI=1S/C17H13ClN4O/c1-10-20-21-16-17(23)19-15(11-5-3-2-4-6-11)13-9-12(18)7-8-14(13)22(10)16/h2-9,17,23H,1H3/i2+1,3+1,4+1,5+1,6+1,11+1. The number of hydrogen-bond donors (Lipinski definition) is 1. The van der Waals surface area contributed by atoms with Crippen LogP contribution in [0.15, 0.2) is 53.5 Å². The van der Waals surface area contributed by atoms with Gasteiger partial charge in [-0.2, -0.15) is 0 Å². The maximum Gasteiger partial charge on any atom is 0.207 e. The van der Waals surface area contributed by atoms with Crippen molar-refractivity contribution >= 4 is 17.3 Å². The number of aryl methyl sites for hydroxylation is 1. The molecule has 0 bridgehead atoms. The molecule has 0 amide bonds. The van der Waals surface area contributed by atoms with Crippen LogP contribution in [0.3, 0.4) is 0 Å². The Labute approximate surface area is 137 Å². The number of aromatic nitrogens is 3. The van der Waals surface area contributed by atoms with Crippen molar-refractivity contribution in [2.24, 2.45) is 4.99 Å². The quantitative estimate of drug-likeness (QED) is 0.746. The Balaban J connectivity index is 2.06. The number of aliphatic imine (C=N–C) groups is 1. The highest BCUT2D eigenvalue weighted by atomic mass is 35.5. The van der Waals surface area contributed by atoms with Gasteiger partial charge in [-0.05, 0) is 25.1 Å². The zero-order chi connectivity index (χ0) is 16.0. The number of rotatable bonds is 1. The fourth-order valence-electron chi connectivity index (χ4n) is 2.81. The van der Waals surface area contributed by atoms with E-state index >= 15 is 0 Å². The molecule has 6 heteroatoms. The number of hydrogen-bond acceptors (Lipinski definition) is 4. The molecule has 1 aliphatic heterocycles. The summed E-state index contributed by atoms with van der Waals surface area (Å²) < 4.78 is 1.82. The number of nitrogens with zero attached hydrogens (tertiary/aromatic N) is 4. The van der Waals surface area contributed by atoms with Crippen LogP contribution >= 0.6 is 11.6 Å². The van der Waals surface area contributed by atoms with E-state index in [1.807, 2.05) is 60.0 Å². The molecule has 0 saturated carbocycles. The highest BCUT2D eigenvalue weighted by Crippen LogP contribution is 2.31. The van der Waals surface area contributed by atoms with Crippen molar-refractivity contribution < 1.29 is 5.11 Å². The number of aliphatic hydroxyl groups excluding tert-OH is 1. The summed E-state index contributed by atoms with van der Waals surface area (Å²) in [6.45, 7) is 1.84. The molecule has 0 aliphatic carbocycles. The highest BCUT2D eigenvalue weighted by Gasteiger charge is 2.26. The van der Waals surface area contributed by atoms with Gasteiger partial charge in [0.1, 0.15) is 5.82 Å². The van der Waals surface area contributed by atoms with Crippen molar-refractivity contribution in [3.05, 3.63) is 76.3 Å². The predicted molar refractivity (Wildman–Crippen MR) is 88.1 cm³/mol. The predicted octanol–water partition coefficient (Wildman–Crippen LogP) is 3.07. The van der Waals surface area contributed by atoms with Crippen molar-refractivity contribution in [3.8, 4) is 5.69 Å². The SMILES string of the molecule is Cc1nnc2n1-c1ccc(Cl)cc1C([13c]1[13cH][13cH][13cH][13cH][13cH]1)=NC2O. The van der Waals surface area contributed by atoms with E-state index in [9.17, 15) is 5.11 Å². The summed E-state index contributed by atoms with van der Waals surface area (Å²) in [5, 5.41) is 19.2. The van der Waals surface area contributed by atoms with Gasteiger partial charge in [-0.15, -0.1) is 10.2 Å². The summed E-state index contributed by atoms with van der Waals surface area (Å²) in [5.41, 5.74) is 3.28. The van der Waals surface area contributed by atoms with Crippen LogP contribution in [-0.2, 0) is 0 Å². The molecule has 0 fully saturated rings. The van der Waals surface area contributed by atoms with Gasteiger partial charge in [0, 0.05) is 16.1 Å². The van der Waals surface area contributed by atoms with E-state index in [1.54, 1.807) is 0 Å². The van der Waals surface area contributed by atoms with E-state index in [2.05, 4.69) is 15.2 Å². The van der Waals surface area contributed by atoms with Gasteiger partial charge in [0.05, 0.1) is 11.4 Å². The molecule has 114 valence electrons. The summed E-state index contributed by atoms with van der Waals surface area (Å²) in [6.07, 6.45) is -1.09. The van der Waals surface area contributed by atoms with Crippen LogP contribution in [0.5, 0.6) is 0 Å². The zero-order valence-electron chi connectivity index (χ0n) is 12.3. The first-order valence-corrected chi connectivity index (χ1v) is 7.56. The third-order valence-corrected chi connectivity index (χ3v) is 4.07. The molecule has 3 aromatic rings. The Bertz CT molecular complexity index is 918. The molecule has 4 rings (SSSR count). The van der Waals surface area contributed by atoms with Crippen LogP contribution in [0.25, 0.3) is 5.69 Å². The second-order valence-corrected chi connectivity index (χ2v) is 5.76. The summed E-state index contributed by atoms with van der Waals surface area (Å²) in [7, 11) is 0. The maximum atomic E-state index is 10.5. The lowest BCUT2D eigenvalue weighted by atomic mass is 10.1. The van der Waals surface area contributed by atoms with E-state index in [0.717, 1.165) is 16.8 Å². The third kappa shape index (κ3) is 2.25. The van der Waals surface area contributed by atoms with E-state index in [-0.39, 0.29) is 0 Å². The largest absolute Gasteiger partial charge is 0.365 e. The van der Waals surface area contributed by atoms with Crippen molar-refractivity contribution in [2.75, 3.05) is 0 Å². The summed E-state index contributed by atoms with van der Waals surface area (Å²) in [4.78, 5) is 4.47. The molecule has 1 aliphatic rings. The molecule has 0 spiro atoms. The average molecular weight is 331 g/mol. The molecule has 1 unspecified atom stereocenters. The molecule has 23 heavy (non-hydrogen) atoms. The third-order valence-electron chi connectivity index (χ3n) is 3.83. The molecule has 0 radical (unpaired) electrons. The summed E-state index contributed by atoms with van der Waals surface area (Å²) >= 11 is 6.20. The van der Waals surface area contributed by atoms with Crippen molar-refractivity contribution in [1.82, 2.24) is 14.8 Å². The fourth-order valence-corrected chi connectivity index (χ4v) is 2.98. The minimum Gasteiger partial charge on any atom is -0.365 e. The van der Waals surface area contributed by atoms with Gasteiger partial charge >= 0.3 is 0 Å². The number of fused-ring (bicyclic) bond motifs is 3. The van der Waals surface area contributed by atoms with E-state index in [4.69, 9.17) is 11.6 Å². The number of aliphatic hydroxyl groups is 1. The fraction of sp³-hybridized carbons (Fsp3) is 0.118. The summed E-state index contributed by atoms with van der Waals surface area (Å²) in [6, 6.07) is 15.3. The minimum atomic E-state index is -1.09. The molecule has 1 N–H and O–H groups in total. The van der Waals surface area contributed by atoms with Gasteiger partial charge in [-0.1, -0.05) is 41.9 Å². The van der Waals surface area contributed by atoms with Gasteiger partial charge in [-0.25, -0.2) is 4.99 Å². The van der Waals surface area contributed by atoms with E-state index in [0.29, 0.717) is 22.4 Å². The molecule has 1 aromatic heterocycles. The Morgan fingerprint density at radius 3 is 2.65 bits per heavy atom. The van der Waals surface area contributed by atoms with E-state index in [1.165, 1.54) is 0 Å². The van der Waals surface area contributed by atoms with Crippen LogP contribution in [0.4, 0.5) is 0 Å². The molecule has 2 heterocycles. The Morgan fingerprint density at radius 1 is 1.09 bits per heavy atom. The first-order chi connectivity index (χ1) is 11.1. The van der Waals surface area contributed by atoms with Crippen LogP contribution in [0.1, 0.15) is 29.0 Å². The molecule has 2 aromatic carbocycles. The maximum absolute atomic E-state index is 10.5. The van der Waals surface area contributed by atoms with Crippen LogP contribution < -0.4 is 0 Å². The Morgan fingerprint density at radius 2 is 1.87 bits per heavy atom.